The molecule has 0 saturated carbocycles. The van der Waals surface area contributed by atoms with Crippen molar-refractivity contribution < 1.29 is 13.6 Å². The molecule has 0 unspecified atom stereocenters. The van der Waals surface area contributed by atoms with Crippen molar-refractivity contribution >= 4 is 11.6 Å². The summed E-state index contributed by atoms with van der Waals surface area (Å²) in [6.45, 7) is 3.22. The lowest BCUT2D eigenvalue weighted by Crippen LogP contribution is -2.48. The molecule has 1 amide bonds. The molecule has 1 aromatic rings. The van der Waals surface area contributed by atoms with E-state index < -0.39 is 28.8 Å². The molecule has 0 fully saturated rings. The Morgan fingerprint density at radius 1 is 1.25 bits per heavy atom. The van der Waals surface area contributed by atoms with E-state index in [2.05, 4.69) is 10.6 Å². The molecule has 16 heavy (non-hydrogen) atoms. The van der Waals surface area contributed by atoms with Crippen molar-refractivity contribution in [3.63, 3.8) is 0 Å². The fourth-order valence-corrected chi connectivity index (χ4v) is 1.00. The molecule has 3 nitrogen and oxygen atoms in total. The van der Waals surface area contributed by atoms with Crippen molar-refractivity contribution in [2.45, 2.75) is 19.4 Å². The van der Waals surface area contributed by atoms with Crippen molar-refractivity contribution in [3.8, 4) is 0 Å². The first-order valence-electron chi connectivity index (χ1n) is 4.83. The van der Waals surface area contributed by atoms with Crippen LogP contribution >= 0.6 is 0 Å². The van der Waals surface area contributed by atoms with Gasteiger partial charge in [0, 0.05) is 0 Å². The van der Waals surface area contributed by atoms with Gasteiger partial charge in [-0.25, -0.2) is 8.78 Å². The molecule has 0 bridgehead atoms. The summed E-state index contributed by atoms with van der Waals surface area (Å²) < 4.78 is 26.5. The topological polar surface area (TPSA) is 41.1 Å². The van der Waals surface area contributed by atoms with Crippen LogP contribution in [0.3, 0.4) is 0 Å². The highest BCUT2D eigenvalue weighted by molar-refractivity contribution is 5.97. The predicted molar refractivity (Wildman–Crippen MR) is 58.1 cm³/mol. The number of anilines is 1. The number of para-hydroxylation sites is 1. The quantitative estimate of drug-likeness (QED) is 0.829. The number of nitrogens with one attached hydrogen (secondary N) is 2. The maximum Gasteiger partial charge on any atom is 0.244 e. The summed E-state index contributed by atoms with van der Waals surface area (Å²) >= 11 is 0. The number of rotatable bonds is 3. The maximum atomic E-state index is 13.2. The average molecular weight is 228 g/mol. The van der Waals surface area contributed by atoms with E-state index in [1.807, 2.05) is 0 Å². The fourth-order valence-electron chi connectivity index (χ4n) is 1.00. The summed E-state index contributed by atoms with van der Waals surface area (Å²) in [6.07, 6.45) is 0. The Balaban J connectivity index is 2.94. The van der Waals surface area contributed by atoms with Crippen molar-refractivity contribution in [2.75, 3.05) is 12.4 Å². The Morgan fingerprint density at radius 3 is 2.19 bits per heavy atom. The highest BCUT2D eigenvalue weighted by Gasteiger charge is 2.26. The molecule has 0 spiro atoms. The largest absolute Gasteiger partial charge is 0.320 e. The van der Waals surface area contributed by atoms with Gasteiger partial charge in [0.2, 0.25) is 5.91 Å². The summed E-state index contributed by atoms with van der Waals surface area (Å²) in [5.41, 5.74) is -1.31. The summed E-state index contributed by atoms with van der Waals surface area (Å²) in [5.74, 6) is -2.08. The van der Waals surface area contributed by atoms with Gasteiger partial charge >= 0.3 is 0 Å². The molecule has 0 radical (unpaired) electrons. The van der Waals surface area contributed by atoms with E-state index in [0.29, 0.717) is 0 Å². The molecule has 0 aliphatic carbocycles. The number of halogens is 2. The van der Waals surface area contributed by atoms with Gasteiger partial charge in [-0.1, -0.05) is 6.07 Å². The summed E-state index contributed by atoms with van der Waals surface area (Å²) in [7, 11) is 1.59. The Kier molecular flexibility index (Phi) is 3.59. The van der Waals surface area contributed by atoms with E-state index in [1.165, 1.54) is 6.07 Å². The van der Waals surface area contributed by atoms with Crippen LogP contribution in [0.15, 0.2) is 18.2 Å². The van der Waals surface area contributed by atoms with Crippen LogP contribution in [0.5, 0.6) is 0 Å². The van der Waals surface area contributed by atoms with Gasteiger partial charge in [-0.2, -0.15) is 0 Å². The third-order valence-corrected chi connectivity index (χ3v) is 2.39. The van der Waals surface area contributed by atoms with E-state index in [-0.39, 0.29) is 0 Å². The van der Waals surface area contributed by atoms with Crippen molar-refractivity contribution in [1.29, 1.82) is 0 Å². The molecular weight excluding hydrogens is 214 g/mol. The number of likely N-dealkylation sites (N-methyl/N-ethyl adjacent to an activating group) is 1. The molecule has 0 heterocycles. The minimum absolute atomic E-state index is 0.421. The number of carbonyl (C=O) groups excluding carboxylic acids is 1. The second-order valence-electron chi connectivity index (χ2n) is 3.93. The third-order valence-electron chi connectivity index (χ3n) is 2.39. The van der Waals surface area contributed by atoms with Gasteiger partial charge in [-0.3, -0.25) is 4.79 Å². The Labute approximate surface area is 92.8 Å². The first-order chi connectivity index (χ1) is 7.38. The summed E-state index contributed by atoms with van der Waals surface area (Å²) in [4.78, 5) is 11.7. The number of hydrogen-bond donors (Lipinski definition) is 2. The minimum atomic E-state index is -0.894. The van der Waals surface area contributed by atoms with E-state index in [4.69, 9.17) is 0 Å². The Hall–Kier alpha value is -1.49. The zero-order chi connectivity index (χ0) is 12.3. The van der Waals surface area contributed by atoms with Gasteiger partial charge in [-0.15, -0.1) is 0 Å². The van der Waals surface area contributed by atoms with Crippen LogP contribution in [0.4, 0.5) is 14.5 Å². The van der Waals surface area contributed by atoms with Crippen LogP contribution in [0, 0.1) is 11.6 Å². The lowest BCUT2D eigenvalue weighted by Gasteiger charge is -2.22. The number of benzene rings is 1. The molecule has 2 N–H and O–H groups in total. The smallest absolute Gasteiger partial charge is 0.244 e. The third kappa shape index (κ3) is 2.55. The van der Waals surface area contributed by atoms with Crippen molar-refractivity contribution in [3.05, 3.63) is 29.8 Å². The maximum absolute atomic E-state index is 13.2. The second-order valence-corrected chi connectivity index (χ2v) is 3.93. The molecule has 0 saturated heterocycles. The van der Waals surface area contributed by atoms with Crippen molar-refractivity contribution in [2.24, 2.45) is 0 Å². The summed E-state index contributed by atoms with van der Waals surface area (Å²) in [6, 6.07) is 3.42. The van der Waals surface area contributed by atoms with Crippen LogP contribution in [0.1, 0.15) is 13.8 Å². The van der Waals surface area contributed by atoms with Gasteiger partial charge < -0.3 is 10.6 Å². The van der Waals surface area contributed by atoms with E-state index >= 15 is 0 Å². The van der Waals surface area contributed by atoms with Crippen molar-refractivity contribution in [1.82, 2.24) is 5.32 Å². The van der Waals surface area contributed by atoms with Gasteiger partial charge in [0.15, 0.2) is 0 Å². The lowest BCUT2D eigenvalue weighted by molar-refractivity contribution is -0.121. The molecule has 1 aromatic carbocycles. The second kappa shape index (κ2) is 4.57. The lowest BCUT2D eigenvalue weighted by atomic mass is 10.1. The SMILES string of the molecule is CNC(C)(C)C(=O)Nc1c(F)cccc1F. The fraction of sp³-hybridized carbons (Fsp3) is 0.364. The molecule has 0 aromatic heterocycles. The number of amides is 1. The predicted octanol–water partition coefficient (Wildman–Crippen LogP) is 1.90. The molecule has 0 aliphatic heterocycles. The van der Waals surface area contributed by atoms with E-state index in [0.717, 1.165) is 12.1 Å². The van der Waals surface area contributed by atoms with Gasteiger partial charge in [0.1, 0.15) is 17.3 Å². The molecule has 0 aliphatic rings. The zero-order valence-corrected chi connectivity index (χ0v) is 9.40. The molecule has 0 atom stereocenters. The van der Waals surface area contributed by atoms with Crippen LogP contribution in [0.2, 0.25) is 0 Å². The van der Waals surface area contributed by atoms with Crippen LogP contribution in [-0.4, -0.2) is 18.5 Å². The van der Waals surface area contributed by atoms with Gasteiger partial charge in [0.25, 0.3) is 0 Å². The minimum Gasteiger partial charge on any atom is -0.320 e. The highest BCUT2D eigenvalue weighted by atomic mass is 19.1. The highest BCUT2D eigenvalue weighted by Crippen LogP contribution is 2.19. The molecular formula is C11H14F2N2O. The Bertz CT molecular complexity index is 385. The van der Waals surface area contributed by atoms with Crippen LogP contribution in [0.25, 0.3) is 0 Å². The molecule has 1 rings (SSSR count). The number of hydrogen-bond acceptors (Lipinski definition) is 2. The standard InChI is InChI=1S/C11H14F2N2O/c1-11(2,14-3)10(16)15-9-7(12)5-4-6-8(9)13/h4-6,14H,1-3H3,(H,15,16). The zero-order valence-electron chi connectivity index (χ0n) is 9.40. The first-order valence-corrected chi connectivity index (χ1v) is 4.83. The Morgan fingerprint density at radius 2 is 1.75 bits per heavy atom. The molecule has 88 valence electrons. The van der Waals surface area contributed by atoms with Crippen LogP contribution in [-0.2, 0) is 4.79 Å². The van der Waals surface area contributed by atoms with Gasteiger partial charge in [0.05, 0.1) is 5.54 Å². The normalized spacial score (nSPS) is 11.3. The average Bonchev–Trinajstić information content (AvgIpc) is 2.23. The molecule has 5 heteroatoms. The number of carbonyl (C=O) groups is 1. The van der Waals surface area contributed by atoms with Gasteiger partial charge in [-0.05, 0) is 33.0 Å². The van der Waals surface area contributed by atoms with Crippen LogP contribution < -0.4 is 10.6 Å². The first kappa shape index (κ1) is 12.6. The van der Waals surface area contributed by atoms with E-state index in [9.17, 15) is 13.6 Å². The van der Waals surface area contributed by atoms with E-state index in [1.54, 1.807) is 20.9 Å². The summed E-state index contributed by atoms with van der Waals surface area (Å²) in [5, 5.41) is 4.96. The monoisotopic (exact) mass is 228 g/mol.